The maximum atomic E-state index is 10.6. The van der Waals surface area contributed by atoms with Crippen LogP contribution in [0.3, 0.4) is 0 Å². The Labute approximate surface area is 225 Å². The SMILES string of the molecule is CCC.CNC([S-])=NN=C(C)C(C)=NN=C([S-])NCCN.O=C(O)C(F)(F)F.O=C(O)C(F)(F)F.[Cu+2]. The molecule has 0 bridgehead atoms. The maximum Gasteiger partial charge on any atom is 2.00 e. The molecule has 0 fully saturated rings. The molecule has 0 spiro atoms. The van der Waals surface area contributed by atoms with Crippen LogP contribution < -0.4 is 16.4 Å². The van der Waals surface area contributed by atoms with Gasteiger partial charge in [0, 0.05) is 20.1 Å². The Morgan fingerprint density at radius 1 is 0.833 bits per heavy atom. The molecule has 0 atom stereocenters. The Kier molecular flexibility index (Phi) is 29.7. The summed E-state index contributed by atoms with van der Waals surface area (Å²) < 4.78 is 63.5. The topological polar surface area (TPSA) is 174 Å². The second-order valence-corrected chi connectivity index (χ2v) is 6.23. The molecule has 20 heteroatoms. The maximum absolute atomic E-state index is 10.6. The molecule has 6 N–H and O–H groups in total. The Morgan fingerprint density at radius 3 is 1.33 bits per heavy atom. The Bertz CT molecular complexity index is 725. The van der Waals surface area contributed by atoms with Gasteiger partial charge in [-0.3, -0.25) is 0 Å². The zero-order chi connectivity index (χ0) is 28.8. The number of halogens is 6. The number of alkyl halides is 6. The number of nitrogens with zero attached hydrogens (tertiary/aromatic N) is 4. The average Bonchev–Trinajstić information content (AvgIpc) is 2.73. The third kappa shape index (κ3) is 33.9. The molecule has 1 radical (unpaired) electrons. The van der Waals surface area contributed by atoms with Gasteiger partial charge in [-0.2, -0.15) is 46.7 Å². The fourth-order valence-corrected chi connectivity index (χ4v) is 0.834. The van der Waals surface area contributed by atoms with Crippen LogP contribution in [-0.2, 0) is 51.9 Å². The number of carboxylic acids is 2. The molecule has 11 nitrogen and oxygen atoms in total. The number of nitrogens with one attached hydrogen (secondary N) is 2. The second kappa shape index (κ2) is 24.4. The number of aliphatic carboxylic acids is 2. The minimum Gasteiger partial charge on any atom is -0.741 e. The second-order valence-electron chi connectivity index (χ2n) is 5.46. The molecule has 0 aliphatic carbocycles. The van der Waals surface area contributed by atoms with Crippen LogP contribution in [0.1, 0.15) is 34.1 Å². The molecule has 0 aliphatic heterocycles. The first-order valence-electron chi connectivity index (χ1n) is 9.12. The molecule has 0 amide bonds. The minimum atomic E-state index is -5.08. The van der Waals surface area contributed by atoms with E-state index in [9.17, 15) is 26.3 Å². The Morgan fingerprint density at radius 2 is 1.11 bits per heavy atom. The van der Waals surface area contributed by atoms with Gasteiger partial charge in [0.05, 0.1) is 11.4 Å². The van der Waals surface area contributed by atoms with Crippen LogP contribution in [-0.4, -0.2) is 76.4 Å². The summed E-state index contributed by atoms with van der Waals surface area (Å²) in [5.74, 6) is -5.51. The summed E-state index contributed by atoms with van der Waals surface area (Å²) >= 11 is 9.74. The monoisotopic (exact) mass is 622 g/mol. The summed E-state index contributed by atoms with van der Waals surface area (Å²) in [5, 5.41) is 35.7. The molecule has 0 saturated carbocycles. The molecule has 0 aromatic rings. The summed E-state index contributed by atoms with van der Waals surface area (Å²) in [6.07, 6.45) is -8.92. The number of hydrogen-bond donors (Lipinski definition) is 5. The van der Waals surface area contributed by atoms with Gasteiger partial charge < -0.3 is 51.8 Å². The number of nitrogens with two attached hydrogens (primary N) is 1. The number of carbonyl (C=O) groups is 2. The van der Waals surface area contributed by atoms with Crippen molar-refractivity contribution >= 4 is 59.0 Å². The fraction of sp³-hybridized carbons (Fsp3) is 0.625. The largest absolute Gasteiger partial charge is 2.00 e. The van der Waals surface area contributed by atoms with Gasteiger partial charge in [-0.05, 0) is 24.2 Å². The molecule has 0 saturated heterocycles. The zero-order valence-corrected chi connectivity index (χ0v) is 22.2. The van der Waals surface area contributed by atoms with Gasteiger partial charge >= 0.3 is 41.4 Å². The molecule has 0 unspecified atom stereocenters. The van der Waals surface area contributed by atoms with Crippen molar-refractivity contribution in [3.63, 3.8) is 0 Å². The number of carboxylic acid groups (broad SMARTS) is 2. The summed E-state index contributed by atoms with van der Waals surface area (Å²) in [5.41, 5.74) is 6.53. The normalized spacial score (nSPS) is 12.2. The zero-order valence-electron chi connectivity index (χ0n) is 19.6. The molecule has 0 aromatic heterocycles. The van der Waals surface area contributed by atoms with Gasteiger partial charge in [-0.15, -0.1) is 0 Å². The van der Waals surface area contributed by atoms with Gasteiger partial charge in [-0.25, -0.2) is 9.59 Å². The van der Waals surface area contributed by atoms with Crippen LogP contribution in [0.5, 0.6) is 0 Å². The first-order chi connectivity index (χ1) is 15.8. The smallest absolute Gasteiger partial charge is 0.741 e. The summed E-state index contributed by atoms with van der Waals surface area (Å²) in [6, 6.07) is 0. The first kappa shape index (κ1) is 43.8. The molecule has 0 aliphatic rings. The molecule has 215 valence electrons. The number of rotatable bonds is 5. The van der Waals surface area contributed by atoms with Gasteiger partial charge in [0.2, 0.25) is 0 Å². The van der Waals surface area contributed by atoms with Crippen molar-refractivity contribution in [2.45, 2.75) is 46.5 Å². The van der Waals surface area contributed by atoms with E-state index in [1.807, 2.05) is 0 Å². The van der Waals surface area contributed by atoms with Gasteiger partial charge in [0.15, 0.2) is 0 Å². The number of hydrogen-bond acceptors (Lipinski definition) is 9. The van der Waals surface area contributed by atoms with Gasteiger partial charge in [0.1, 0.15) is 0 Å². The van der Waals surface area contributed by atoms with Crippen LogP contribution in [0.4, 0.5) is 26.3 Å². The van der Waals surface area contributed by atoms with Crippen molar-refractivity contribution in [1.29, 1.82) is 0 Å². The van der Waals surface area contributed by atoms with Crippen LogP contribution in [0.2, 0.25) is 0 Å². The number of amidine groups is 2. The minimum absolute atomic E-state index is 0. The third-order valence-electron chi connectivity index (χ3n) is 2.22. The van der Waals surface area contributed by atoms with E-state index in [1.165, 1.54) is 6.42 Å². The van der Waals surface area contributed by atoms with Crippen molar-refractivity contribution in [3.05, 3.63) is 0 Å². The summed E-state index contributed by atoms with van der Waals surface area (Å²) in [4.78, 5) is 17.8. The molecule has 0 aromatic carbocycles. The standard InChI is InChI=1S/C9H19N7S2.C3H8.2C2HF3O2.Cu/c1-6(13-15-8(17)11-3)7(2)14-16-9(18)12-5-4-10;1-3-2;2*3-2(4,5)1(6)7;/h4-5,10H2,1-3H3,(H2,11,15,17)(H2,12,16,18);3H2,1-2H3;2*(H,6,7);/q;;;;+2/p-2. The van der Waals surface area contributed by atoms with E-state index in [-0.39, 0.29) is 22.2 Å². The summed E-state index contributed by atoms with van der Waals surface area (Å²) in [6.45, 7) is 8.81. The first-order valence-corrected chi connectivity index (χ1v) is 9.93. The quantitative estimate of drug-likeness (QED) is 0.0767. The van der Waals surface area contributed by atoms with Crippen LogP contribution in [0, 0.1) is 0 Å². The van der Waals surface area contributed by atoms with E-state index < -0.39 is 24.3 Å². The van der Waals surface area contributed by atoms with E-state index in [0.717, 1.165) is 0 Å². The molecule has 0 heterocycles. The van der Waals surface area contributed by atoms with Crippen LogP contribution in [0.15, 0.2) is 20.4 Å². The van der Waals surface area contributed by atoms with Crippen LogP contribution in [0.25, 0.3) is 0 Å². The van der Waals surface area contributed by atoms with Gasteiger partial charge in [0.25, 0.3) is 0 Å². The Hall–Kier alpha value is -2.28. The van der Waals surface area contributed by atoms with Crippen molar-refractivity contribution in [3.8, 4) is 0 Å². The van der Waals surface area contributed by atoms with Crippen LogP contribution >= 0.6 is 0 Å². The predicted octanol–water partition coefficient (Wildman–Crippen LogP) is 1.99. The molecule has 0 rings (SSSR count). The van der Waals surface area contributed by atoms with Crippen molar-refractivity contribution in [2.24, 2.45) is 26.1 Å². The molecule has 36 heavy (non-hydrogen) atoms. The summed E-state index contributed by atoms with van der Waals surface area (Å²) in [7, 11) is 1.68. The van der Waals surface area contributed by atoms with Crippen molar-refractivity contribution < 1.29 is 63.2 Å². The predicted molar refractivity (Wildman–Crippen MR) is 125 cm³/mol. The van der Waals surface area contributed by atoms with E-state index in [0.29, 0.717) is 29.7 Å². The van der Waals surface area contributed by atoms with E-state index in [4.69, 9.17) is 50.8 Å². The van der Waals surface area contributed by atoms with Gasteiger partial charge in [-0.1, -0.05) is 20.3 Å². The van der Waals surface area contributed by atoms with E-state index >= 15 is 0 Å². The molecular weight excluding hydrogens is 596 g/mol. The fourth-order valence-electron chi connectivity index (χ4n) is 0.650. The Balaban J connectivity index is -0.000000147. The van der Waals surface area contributed by atoms with E-state index in [2.05, 4.69) is 44.9 Å². The molecular formula is C16H27CuF6N7O4S2. The van der Waals surface area contributed by atoms with Crippen molar-refractivity contribution in [2.75, 3.05) is 20.1 Å². The third-order valence-corrected chi connectivity index (χ3v) is 2.74. The average molecular weight is 623 g/mol. The van der Waals surface area contributed by atoms with E-state index in [1.54, 1.807) is 20.9 Å². The van der Waals surface area contributed by atoms with Crippen molar-refractivity contribution in [1.82, 2.24) is 10.6 Å².